The van der Waals surface area contributed by atoms with Crippen LogP contribution in [0.5, 0.6) is 0 Å². The lowest BCUT2D eigenvalue weighted by Crippen LogP contribution is -2.78. The van der Waals surface area contributed by atoms with Gasteiger partial charge in [0.05, 0.1) is 16.5 Å². The first-order valence-electron chi connectivity index (χ1n) is 11.4. The third-order valence-corrected chi connectivity index (χ3v) is 9.43. The van der Waals surface area contributed by atoms with Crippen molar-refractivity contribution in [1.29, 1.82) is 0 Å². The number of β-amino-alcohol motifs (C(OH)–C–C–N with tert-alkyl or cyclic N) is 1. The third kappa shape index (κ3) is 3.20. The zero-order valence-corrected chi connectivity index (χ0v) is 19.3. The van der Waals surface area contributed by atoms with E-state index in [1.165, 1.54) is 9.21 Å². The predicted molar refractivity (Wildman–Crippen MR) is 127 cm³/mol. The second kappa shape index (κ2) is 7.46. The Bertz CT molecular complexity index is 1360. The number of aliphatic hydroxyl groups excluding tert-OH is 1. The smallest absolute Gasteiger partial charge is 0.407 e. The fourth-order valence-corrected chi connectivity index (χ4v) is 7.29. The van der Waals surface area contributed by atoms with Crippen LogP contribution >= 0.6 is 0 Å². The van der Waals surface area contributed by atoms with Gasteiger partial charge in [-0.1, -0.05) is 18.2 Å². The number of fused-ring (bicyclic) bond motifs is 1. The molecule has 3 fully saturated rings. The lowest BCUT2D eigenvalue weighted by Gasteiger charge is -2.60. The van der Waals surface area contributed by atoms with E-state index in [2.05, 4.69) is 9.88 Å². The van der Waals surface area contributed by atoms with E-state index in [1.54, 1.807) is 12.1 Å². The Morgan fingerprint density at radius 2 is 1.88 bits per heavy atom. The maximum atomic E-state index is 13.6. The summed E-state index contributed by atoms with van der Waals surface area (Å²) in [6, 6.07) is 15.1. The van der Waals surface area contributed by atoms with Crippen molar-refractivity contribution in [3.63, 3.8) is 0 Å². The molecule has 0 bridgehead atoms. The minimum atomic E-state index is -3.80. The number of anilines is 1. The average Bonchev–Trinajstić information content (AvgIpc) is 3.37. The number of carboxylic acid groups (broad SMARTS) is 1. The second-order valence-corrected chi connectivity index (χ2v) is 11.4. The van der Waals surface area contributed by atoms with E-state index in [1.807, 2.05) is 36.4 Å². The molecule has 6 rings (SSSR count). The van der Waals surface area contributed by atoms with Crippen LogP contribution in [0.4, 0.5) is 10.5 Å². The van der Waals surface area contributed by atoms with Gasteiger partial charge in [0, 0.05) is 60.6 Å². The Hall–Kier alpha value is -3.08. The van der Waals surface area contributed by atoms with Crippen molar-refractivity contribution in [2.45, 2.75) is 29.4 Å². The molecule has 0 aliphatic carbocycles. The molecule has 1 aromatic heterocycles. The highest BCUT2D eigenvalue weighted by molar-refractivity contribution is 7.89. The van der Waals surface area contributed by atoms with Crippen LogP contribution in [0, 0.1) is 0 Å². The van der Waals surface area contributed by atoms with Gasteiger partial charge in [0.25, 0.3) is 0 Å². The number of para-hydroxylation sites is 1. The number of aromatic amines is 1. The fraction of sp³-hybridized carbons (Fsp3) is 0.375. The molecular formula is C24H26N4O5S. The maximum Gasteiger partial charge on any atom is 0.407 e. The van der Waals surface area contributed by atoms with E-state index in [9.17, 15) is 23.4 Å². The Morgan fingerprint density at radius 3 is 2.53 bits per heavy atom. The molecular weight excluding hydrogens is 456 g/mol. The summed E-state index contributed by atoms with van der Waals surface area (Å²) in [6.45, 7) is 2.00. The number of nitrogens with one attached hydrogen (secondary N) is 1. The van der Waals surface area contributed by atoms with Crippen molar-refractivity contribution in [3.8, 4) is 11.3 Å². The zero-order chi connectivity index (χ0) is 23.7. The van der Waals surface area contributed by atoms with Crippen LogP contribution in [0.2, 0.25) is 0 Å². The summed E-state index contributed by atoms with van der Waals surface area (Å²) in [5, 5.41) is 20.3. The highest BCUT2D eigenvalue weighted by atomic mass is 32.2. The van der Waals surface area contributed by atoms with Gasteiger partial charge >= 0.3 is 6.09 Å². The van der Waals surface area contributed by atoms with E-state index < -0.39 is 27.8 Å². The van der Waals surface area contributed by atoms with Gasteiger partial charge in [-0.05, 0) is 43.2 Å². The van der Waals surface area contributed by atoms with Crippen LogP contribution < -0.4 is 4.90 Å². The molecule has 2 aromatic carbocycles. The number of sulfonamides is 1. The van der Waals surface area contributed by atoms with Crippen LogP contribution in [0.3, 0.4) is 0 Å². The summed E-state index contributed by atoms with van der Waals surface area (Å²) in [5.41, 5.74) is 2.79. The predicted octanol–water partition coefficient (Wildman–Crippen LogP) is 2.53. The summed E-state index contributed by atoms with van der Waals surface area (Å²) in [6.07, 6.45) is -0.0964. The number of aliphatic hydroxyl groups is 1. The van der Waals surface area contributed by atoms with Crippen LogP contribution in [0.25, 0.3) is 22.2 Å². The molecule has 1 amide bonds. The van der Waals surface area contributed by atoms with Crippen molar-refractivity contribution in [2.24, 2.45) is 0 Å². The number of nitrogens with zero attached hydrogens (tertiary/aromatic N) is 3. The molecule has 34 heavy (non-hydrogen) atoms. The number of carbonyl (C=O) groups is 1. The van der Waals surface area contributed by atoms with Gasteiger partial charge in [0.2, 0.25) is 10.0 Å². The summed E-state index contributed by atoms with van der Waals surface area (Å²) in [4.78, 5) is 18.2. The lowest BCUT2D eigenvalue weighted by molar-refractivity contribution is -0.0598. The number of hydrogen-bond donors (Lipinski definition) is 3. The molecule has 1 spiro atoms. The minimum absolute atomic E-state index is 0.192. The average molecular weight is 483 g/mol. The summed E-state index contributed by atoms with van der Waals surface area (Å²) >= 11 is 0. The van der Waals surface area contributed by atoms with Crippen LogP contribution in [-0.4, -0.2) is 83.3 Å². The van der Waals surface area contributed by atoms with Crippen molar-refractivity contribution in [3.05, 3.63) is 48.5 Å². The van der Waals surface area contributed by atoms with E-state index in [0.29, 0.717) is 32.5 Å². The fourth-order valence-electron chi connectivity index (χ4n) is 5.48. The third-order valence-electron chi connectivity index (χ3n) is 7.43. The summed E-state index contributed by atoms with van der Waals surface area (Å²) in [7, 11) is -3.80. The van der Waals surface area contributed by atoms with Crippen molar-refractivity contribution >= 4 is 32.7 Å². The molecule has 10 heteroatoms. The number of benzene rings is 2. The van der Waals surface area contributed by atoms with Crippen LogP contribution in [-0.2, 0) is 10.0 Å². The van der Waals surface area contributed by atoms with Crippen LogP contribution in [0.15, 0.2) is 53.4 Å². The minimum Gasteiger partial charge on any atom is -0.465 e. The van der Waals surface area contributed by atoms with Gasteiger partial charge in [-0.15, -0.1) is 0 Å². The molecule has 3 N–H and O–H groups in total. The monoisotopic (exact) mass is 482 g/mol. The molecule has 0 radical (unpaired) electrons. The number of H-pyrrole nitrogens is 1. The molecule has 3 aromatic rings. The number of aromatic nitrogens is 1. The van der Waals surface area contributed by atoms with Crippen molar-refractivity contribution in [2.75, 3.05) is 37.6 Å². The first-order valence-corrected chi connectivity index (χ1v) is 12.9. The summed E-state index contributed by atoms with van der Waals surface area (Å²) in [5.74, 6) is 0. The first kappa shape index (κ1) is 21.5. The van der Waals surface area contributed by atoms with Gasteiger partial charge in [0.15, 0.2) is 0 Å². The largest absolute Gasteiger partial charge is 0.465 e. The van der Waals surface area contributed by atoms with E-state index in [-0.39, 0.29) is 18.0 Å². The SMILES string of the molecule is O=C(O)N1CC2(CCN2S(=O)(=O)c2ccc(N3CC[C@H](O)C3)c(-c3cc4ccccc4[nH]3)c2)C1. The van der Waals surface area contributed by atoms with Gasteiger partial charge in [-0.3, -0.25) is 0 Å². The normalized spacial score (nSPS) is 22.2. The Balaban J connectivity index is 1.40. The lowest BCUT2D eigenvalue weighted by atomic mass is 9.80. The number of hydrogen-bond acceptors (Lipinski definition) is 5. The van der Waals surface area contributed by atoms with Gasteiger partial charge in [-0.25, -0.2) is 13.2 Å². The van der Waals surface area contributed by atoms with Crippen LogP contribution in [0.1, 0.15) is 12.8 Å². The Morgan fingerprint density at radius 1 is 1.09 bits per heavy atom. The van der Waals surface area contributed by atoms with Gasteiger partial charge in [-0.2, -0.15) is 4.31 Å². The quantitative estimate of drug-likeness (QED) is 0.526. The molecule has 0 saturated carbocycles. The molecule has 9 nitrogen and oxygen atoms in total. The summed E-state index contributed by atoms with van der Waals surface area (Å²) < 4.78 is 28.7. The molecule has 178 valence electrons. The first-order chi connectivity index (χ1) is 16.3. The highest BCUT2D eigenvalue weighted by Crippen LogP contribution is 2.44. The van der Waals surface area contributed by atoms with Crippen molar-refractivity contribution in [1.82, 2.24) is 14.2 Å². The molecule has 3 saturated heterocycles. The van der Waals surface area contributed by atoms with Gasteiger partial charge < -0.3 is 25.0 Å². The Kier molecular flexibility index (Phi) is 4.71. The molecule has 4 heterocycles. The molecule has 3 aliphatic rings. The molecule has 3 aliphatic heterocycles. The van der Waals surface area contributed by atoms with Gasteiger partial charge in [0.1, 0.15) is 0 Å². The topological polar surface area (TPSA) is 117 Å². The van der Waals surface area contributed by atoms with E-state index in [4.69, 9.17) is 0 Å². The highest BCUT2D eigenvalue weighted by Gasteiger charge is 2.59. The molecule has 0 unspecified atom stereocenters. The number of rotatable bonds is 4. The number of likely N-dealkylation sites (tertiary alicyclic amines) is 1. The standard InChI is InChI=1S/C24H26N4O5S/c29-17-7-9-26(13-17)22-6-5-18(12-19(22)21-11-16-3-1-2-4-20(16)25-21)34(32,33)28-10-8-24(28)14-27(15-24)23(30)31/h1-6,11-12,17,25,29H,7-10,13-15H2,(H,30,31)/t17-/m0/s1. The number of amides is 1. The van der Waals surface area contributed by atoms with Crippen molar-refractivity contribution < 1.29 is 23.4 Å². The van der Waals surface area contributed by atoms with E-state index >= 15 is 0 Å². The second-order valence-electron chi connectivity index (χ2n) is 9.53. The molecule has 1 atom stereocenters. The Labute approximate surface area is 197 Å². The van der Waals surface area contributed by atoms with E-state index in [0.717, 1.165) is 27.8 Å². The zero-order valence-electron chi connectivity index (χ0n) is 18.5. The maximum absolute atomic E-state index is 13.6.